The molecule has 0 unspecified atom stereocenters. The molecule has 0 amide bonds. The van der Waals surface area contributed by atoms with Crippen LogP contribution in [0.5, 0.6) is 0 Å². The lowest BCUT2D eigenvalue weighted by atomic mass is 10.1. The molecule has 0 bridgehead atoms. The minimum atomic E-state index is 0.842. The molecular weight excluding hydrogens is 601 g/mol. The SMILES string of the molecule is c1ccc(-c2nc3c(c4cc5c(cc4n3-c3ccccc3)c3ccccc3n5-c3ccc(-c4ccccn4)nc3)n2-c2ccccc2)cc1. The Balaban J connectivity index is 1.33. The molecule has 5 aromatic carbocycles. The van der Waals surface area contributed by atoms with Gasteiger partial charge in [0.25, 0.3) is 0 Å². The molecule has 0 aliphatic carbocycles. The fraction of sp³-hybridized carbons (Fsp3) is 0. The van der Waals surface area contributed by atoms with E-state index in [0.29, 0.717) is 0 Å². The maximum absolute atomic E-state index is 5.43. The van der Waals surface area contributed by atoms with Crippen molar-refractivity contribution in [1.82, 2.24) is 28.7 Å². The van der Waals surface area contributed by atoms with E-state index in [1.54, 1.807) is 6.20 Å². The summed E-state index contributed by atoms with van der Waals surface area (Å²) in [6.45, 7) is 0. The van der Waals surface area contributed by atoms with Gasteiger partial charge in [0.15, 0.2) is 5.65 Å². The molecule has 10 aromatic rings. The lowest BCUT2D eigenvalue weighted by Crippen LogP contribution is -1.98. The number of pyridine rings is 2. The molecule has 0 aliphatic heterocycles. The molecule has 5 heterocycles. The second-order valence-corrected chi connectivity index (χ2v) is 12.2. The van der Waals surface area contributed by atoms with Crippen LogP contribution >= 0.6 is 0 Å². The first-order chi connectivity index (χ1) is 24.3. The highest BCUT2D eigenvalue weighted by Crippen LogP contribution is 2.41. The molecule has 49 heavy (non-hydrogen) atoms. The number of imidazole rings is 1. The lowest BCUT2D eigenvalue weighted by Gasteiger charge is -2.11. The monoisotopic (exact) mass is 628 g/mol. The minimum Gasteiger partial charge on any atom is -0.308 e. The number of hydrogen-bond acceptors (Lipinski definition) is 3. The zero-order chi connectivity index (χ0) is 32.3. The molecule has 6 nitrogen and oxygen atoms in total. The number of para-hydroxylation sites is 3. The number of fused-ring (bicyclic) bond motifs is 6. The van der Waals surface area contributed by atoms with Gasteiger partial charge in [0.2, 0.25) is 0 Å². The largest absolute Gasteiger partial charge is 0.308 e. The van der Waals surface area contributed by atoms with E-state index in [9.17, 15) is 0 Å². The smallest absolute Gasteiger partial charge is 0.165 e. The normalized spacial score (nSPS) is 11.7. The van der Waals surface area contributed by atoms with Gasteiger partial charge in [-0.2, -0.15) is 0 Å². The zero-order valence-electron chi connectivity index (χ0n) is 26.3. The Morgan fingerprint density at radius 1 is 0.408 bits per heavy atom. The van der Waals surface area contributed by atoms with Crippen molar-refractivity contribution in [2.45, 2.75) is 0 Å². The van der Waals surface area contributed by atoms with Crippen molar-refractivity contribution in [1.29, 1.82) is 0 Å². The van der Waals surface area contributed by atoms with Crippen LogP contribution in [0.3, 0.4) is 0 Å². The predicted octanol–water partition coefficient (Wildman–Crippen LogP) is 10.2. The molecule has 230 valence electrons. The second-order valence-electron chi connectivity index (χ2n) is 12.2. The maximum Gasteiger partial charge on any atom is 0.165 e. The predicted molar refractivity (Wildman–Crippen MR) is 199 cm³/mol. The van der Waals surface area contributed by atoms with Crippen molar-refractivity contribution in [3.05, 3.63) is 170 Å². The number of aromatic nitrogens is 6. The van der Waals surface area contributed by atoms with Gasteiger partial charge in [-0.15, -0.1) is 0 Å². The molecule has 0 spiro atoms. The fourth-order valence-electron chi connectivity index (χ4n) is 7.21. The molecule has 0 N–H and O–H groups in total. The Labute approximate surface area is 281 Å². The van der Waals surface area contributed by atoms with Gasteiger partial charge in [0.1, 0.15) is 11.3 Å². The van der Waals surface area contributed by atoms with Crippen LogP contribution in [0.2, 0.25) is 0 Å². The highest BCUT2D eigenvalue weighted by atomic mass is 15.2. The van der Waals surface area contributed by atoms with Gasteiger partial charge in [-0.3, -0.25) is 19.1 Å². The van der Waals surface area contributed by atoms with Crippen molar-refractivity contribution in [3.8, 4) is 39.8 Å². The van der Waals surface area contributed by atoms with E-state index in [0.717, 1.165) is 72.9 Å². The molecule has 0 atom stereocenters. The van der Waals surface area contributed by atoms with E-state index in [4.69, 9.17) is 9.97 Å². The van der Waals surface area contributed by atoms with Crippen LogP contribution < -0.4 is 0 Å². The van der Waals surface area contributed by atoms with Crippen LogP contribution in [0.25, 0.3) is 83.7 Å². The quantitative estimate of drug-likeness (QED) is 0.191. The van der Waals surface area contributed by atoms with E-state index < -0.39 is 0 Å². The highest BCUT2D eigenvalue weighted by Gasteiger charge is 2.25. The van der Waals surface area contributed by atoms with Crippen LogP contribution in [-0.4, -0.2) is 28.7 Å². The van der Waals surface area contributed by atoms with Crippen LogP contribution in [-0.2, 0) is 0 Å². The molecule has 0 radical (unpaired) electrons. The third-order valence-corrected chi connectivity index (χ3v) is 9.35. The van der Waals surface area contributed by atoms with Crippen LogP contribution in [0, 0.1) is 0 Å². The van der Waals surface area contributed by atoms with E-state index in [2.05, 4.69) is 152 Å². The average Bonchev–Trinajstić information content (AvgIpc) is 3.82. The second kappa shape index (κ2) is 10.9. The van der Waals surface area contributed by atoms with Gasteiger partial charge in [-0.25, -0.2) is 4.98 Å². The summed E-state index contributed by atoms with van der Waals surface area (Å²) < 4.78 is 6.95. The topological polar surface area (TPSA) is 53.5 Å². The lowest BCUT2D eigenvalue weighted by molar-refractivity contribution is 1.10. The number of nitrogens with zero attached hydrogens (tertiary/aromatic N) is 6. The Morgan fingerprint density at radius 2 is 1.04 bits per heavy atom. The van der Waals surface area contributed by atoms with E-state index in [1.807, 2.05) is 30.5 Å². The summed E-state index contributed by atoms with van der Waals surface area (Å²) in [5.41, 5.74) is 11.2. The highest BCUT2D eigenvalue weighted by molar-refractivity contribution is 6.18. The summed E-state index contributed by atoms with van der Waals surface area (Å²) in [5, 5.41) is 3.47. The third kappa shape index (κ3) is 4.24. The van der Waals surface area contributed by atoms with Gasteiger partial charge in [0.05, 0.1) is 39.8 Å². The first-order valence-corrected chi connectivity index (χ1v) is 16.4. The van der Waals surface area contributed by atoms with Gasteiger partial charge in [0, 0.05) is 39.3 Å². The summed E-state index contributed by atoms with van der Waals surface area (Å²) in [5.74, 6) is 0.901. The Bertz CT molecular complexity index is 2780. The van der Waals surface area contributed by atoms with Crippen molar-refractivity contribution in [2.75, 3.05) is 0 Å². The molecule has 0 aliphatic rings. The third-order valence-electron chi connectivity index (χ3n) is 9.35. The van der Waals surface area contributed by atoms with Crippen molar-refractivity contribution in [2.24, 2.45) is 0 Å². The fourth-order valence-corrected chi connectivity index (χ4v) is 7.21. The van der Waals surface area contributed by atoms with Gasteiger partial charge in [-0.05, 0) is 66.7 Å². The maximum atomic E-state index is 5.43. The van der Waals surface area contributed by atoms with E-state index in [-0.39, 0.29) is 0 Å². The van der Waals surface area contributed by atoms with Crippen molar-refractivity contribution >= 4 is 43.9 Å². The number of benzene rings is 5. The first-order valence-electron chi connectivity index (χ1n) is 16.4. The van der Waals surface area contributed by atoms with Crippen molar-refractivity contribution in [3.63, 3.8) is 0 Å². The summed E-state index contributed by atoms with van der Waals surface area (Å²) in [6.07, 6.45) is 3.75. The summed E-state index contributed by atoms with van der Waals surface area (Å²) >= 11 is 0. The summed E-state index contributed by atoms with van der Waals surface area (Å²) in [7, 11) is 0. The Kier molecular flexibility index (Phi) is 6.08. The van der Waals surface area contributed by atoms with Crippen molar-refractivity contribution < 1.29 is 0 Å². The molecular formula is C43H28N6. The van der Waals surface area contributed by atoms with Crippen LogP contribution in [0.15, 0.2) is 170 Å². The minimum absolute atomic E-state index is 0.842. The molecule has 6 heteroatoms. The summed E-state index contributed by atoms with van der Waals surface area (Å²) in [4.78, 5) is 14.8. The van der Waals surface area contributed by atoms with E-state index in [1.165, 1.54) is 10.8 Å². The number of rotatable bonds is 5. The zero-order valence-corrected chi connectivity index (χ0v) is 26.3. The average molecular weight is 629 g/mol. The van der Waals surface area contributed by atoms with Gasteiger partial charge in [-0.1, -0.05) is 91.0 Å². The molecule has 10 rings (SSSR count). The van der Waals surface area contributed by atoms with Gasteiger partial charge < -0.3 is 4.57 Å². The Hall–Kier alpha value is -6.79. The van der Waals surface area contributed by atoms with E-state index >= 15 is 0 Å². The summed E-state index contributed by atoms with van der Waals surface area (Å²) in [6, 6.07) is 54.9. The number of hydrogen-bond donors (Lipinski definition) is 0. The molecule has 0 fully saturated rings. The van der Waals surface area contributed by atoms with Gasteiger partial charge >= 0.3 is 0 Å². The molecule has 0 saturated carbocycles. The first kappa shape index (κ1) is 27.3. The molecule has 5 aromatic heterocycles. The Morgan fingerprint density at radius 3 is 1.76 bits per heavy atom. The van der Waals surface area contributed by atoms with Crippen LogP contribution in [0.4, 0.5) is 0 Å². The van der Waals surface area contributed by atoms with Crippen LogP contribution in [0.1, 0.15) is 0 Å². The molecule has 0 saturated heterocycles. The standard InChI is InChI=1S/C43H28N6/c1-4-14-29(15-5-1)42-46-43-41(49(42)31-18-8-3-9-19-31)35-27-39-34(26-40(35)48(43)30-16-6-2-7-17-30)33-20-10-11-22-38(33)47(39)32-23-24-37(45-28-32)36-21-12-13-25-44-36/h1-28H.